The lowest BCUT2D eigenvalue weighted by atomic mass is 10.2. The van der Waals surface area contributed by atoms with E-state index in [1.54, 1.807) is 0 Å². The first-order chi connectivity index (χ1) is 14.4. The fourth-order valence-electron chi connectivity index (χ4n) is 3.48. The Hall–Kier alpha value is -0.770. The molecule has 0 atom stereocenters. The van der Waals surface area contributed by atoms with E-state index in [2.05, 4.69) is 11.9 Å². The molecule has 0 aromatic carbocycles. The van der Waals surface area contributed by atoms with Gasteiger partial charge in [0, 0.05) is 19.8 Å². The monoisotopic (exact) mass is 431 g/mol. The van der Waals surface area contributed by atoms with E-state index in [9.17, 15) is 0 Å². The Kier molecular flexibility index (Phi) is 11.6. The average Bonchev–Trinajstić information content (AvgIpc) is 3.53. The van der Waals surface area contributed by atoms with Gasteiger partial charge < -0.3 is 33.2 Å². The summed E-state index contributed by atoms with van der Waals surface area (Å²) in [6, 6.07) is 0. The normalized spacial score (nSPS) is 26.1. The number of hydrogen-bond acceptors (Lipinski definition) is 8. The van der Waals surface area contributed by atoms with Crippen LogP contribution in [0.25, 0.3) is 0 Å². The Labute approximate surface area is 181 Å². The Morgan fingerprint density at radius 1 is 0.933 bits per heavy atom. The van der Waals surface area contributed by atoms with Crippen molar-refractivity contribution in [1.29, 1.82) is 0 Å². The summed E-state index contributed by atoms with van der Waals surface area (Å²) in [4.78, 5) is 3.93. The predicted molar refractivity (Wildman–Crippen MR) is 114 cm³/mol. The van der Waals surface area contributed by atoms with E-state index in [0.717, 1.165) is 77.8 Å². The number of nitrogens with zero attached hydrogens (tertiary/aromatic N) is 1. The largest absolute Gasteiger partial charge is 0.479 e. The summed E-state index contributed by atoms with van der Waals surface area (Å²) in [5.74, 6) is 0.718. The lowest BCUT2D eigenvalue weighted by molar-refractivity contribution is -0.150. The van der Waals surface area contributed by atoms with Crippen molar-refractivity contribution >= 4 is 5.90 Å². The predicted octanol–water partition coefficient (Wildman–Crippen LogP) is 3.67. The van der Waals surface area contributed by atoms with Crippen LogP contribution in [-0.4, -0.2) is 76.6 Å². The maximum atomic E-state index is 5.48. The second-order valence-corrected chi connectivity index (χ2v) is 8.39. The summed E-state index contributed by atoms with van der Waals surface area (Å²) in [5, 5.41) is 0. The molecular weight excluding hydrogens is 390 g/mol. The van der Waals surface area contributed by atoms with Gasteiger partial charge in [-0.15, -0.1) is 0 Å². The van der Waals surface area contributed by atoms with Gasteiger partial charge in [-0.3, -0.25) is 4.99 Å². The summed E-state index contributed by atoms with van der Waals surface area (Å²) >= 11 is 0. The third kappa shape index (κ3) is 10.0. The van der Waals surface area contributed by atoms with Crippen LogP contribution in [-0.2, 0) is 33.2 Å². The van der Waals surface area contributed by atoms with Crippen LogP contribution in [0.4, 0.5) is 0 Å². The first-order valence-electron chi connectivity index (χ1n) is 11.3. The second-order valence-electron chi connectivity index (χ2n) is 8.39. The van der Waals surface area contributed by atoms with E-state index < -0.39 is 0 Å². The highest BCUT2D eigenvalue weighted by atomic mass is 16.7. The van der Waals surface area contributed by atoms with Crippen molar-refractivity contribution < 1.29 is 33.2 Å². The SMILES string of the molecule is C1CCC2(C1)OCCO2.CC1(C)COCO1.CC1=NCCO1.CCCC1OCCO1. The molecule has 5 rings (SSSR count). The number of rotatable bonds is 2. The zero-order chi connectivity index (χ0) is 21.7. The highest BCUT2D eigenvalue weighted by Crippen LogP contribution is 2.36. The molecule has 8 heteroatoms. The Morgan fingerprint density at radius 2 is 1.60 bits per heavy atom. The Bertz CT molecular complexity index is 454. The van der Waals surface area contributed by atoms with Crippen molar-refractivity contribution in [3.05, 3.63) is 0 Å². The summed E-state index contributed by atoms with van der Waals surface area (Å²) in [5.41, 5.74) is -0.0278. The number of ether oxygens (including phenoxy) is 7. The molecule has 4 fully saturated rings. The van der Waals surface area contributed by atoms with Crippen molar-refractivity contribution in [2.45, 2.75) is 83.9 Å². The zero-order valence-corrected chi connectivity index (χ0v) is 19.3. The fourth-order valence-corrected chi connectivity index (χ4v) is 3.48. The molecule has 4 aliphatic heterocycles. The van der Waals surface area contributed by atoms with Crippen LogP contribution in [0.2, 0.25) is 0 Å². The maximum Gasteiger partial charge on any atom is 0.180 e. The van der Waals surface area contributed by atoms with Crippen molar-refractivity contribution in [2.75, 3.05) is 53.0 Å². The van der Waals surface area contributed by atoms with Crippen LogP contribution in [0, 0.1) is 0 Å². The molecule has 8 nitrogen and oxygen atoms in total. The van der Waals surface area contributed by atoms with Gasteiger partial charge in [0.1, 0.15) is 13.4 Å². The van der Waals surface area contributed by atoms with Crippen LogP contribution in [0.1, 0.15) is 66.2 Å². The molecule has 0 unspecified atom stereocenters. The summed E-state index contributed by atoms with van der Waals surface area (Å²) in [6.07, 6.45) is 7.09. The smallest absolute Gasteiger partial charge is 0.180 e. The zero-order valence-electron chi connectivity index (χ0n) is 19.3. The summed E-state index contributed by atoms with van der Waals surface area (Å²) in [7, 11) is 0. The third-order valence-corrected chi connectivity index (χ3v) is 5.11. The van der Waals surface area contributed by atoms with Crippen molar-refractivity contribution in [3.63, 3.8) is 0 Å². The minimum absolute atomic E-state index is 0.0278. The van der Waals surface area contributed by atoms with E-state index >= 15 is 0 Å². The molecule has 0 bridgehead atoms. The van der Waals surface area contributed by atoms with Gasteiger partial charge in [-0.05, 0) is 33.1 Å². The fraction of sp³-hybridized carbons (Fsp3) is 0.955. The molecule has 0 N–H and O–H groups in total. The van der Waals surface area contributed by atoms with Crippen molar-refractivity contribution in [3.8, 4) is 0 Å². The molecule has 4 heterocycles. The van der Waals surface area contributed by atoms with E-state index in [1.165, 1.54) is 12.8 Å². The third-order valence-electron chi connectivity index (χ3n) is 5.11. The van der Waals surface area contributed by atoms with Crippen LogP contribution < -0.4 is 0 Å². The molecule has 0 aromatic heterocycles. The van der Waals surface area contributed by atoms with Gasteiger partial charge in [-0.2, -0.15) is 0 Å². The van der Waals surface area contributed by atoms with Crippen LogP contribution in [0.5, 0.6) is 0 Å². The lowest BCUT2D eigenvalue weighted by Crippen LogP contribution is -2.24. The van der Waals surface area contributed by atoms with Crippen molar-refractivity contribution in [2.24, 2.45) is 4.99 Å². The topological polar surface area (TPSA) is 77.0 Å². The van der Waals surface area contributed by atoms with Gasteiger partial charge in [0.2, 0.25) is 0 Å². The van der Waals surface area contributed by atoms with Gasteiger partial charge in [0.25, 0.3) is 0 Å². The van der Waals surface area contributed by atoms with E-state index in [-0.39, 0.29) is 17.7 Å². The molecule has 1 saturated carbocycles. The first-order valence-corrected chi connectivity index (χ1v) is 11.3. The minimum atomic E-state index is -0.111. The van der Waals surface area contributed by atoms with Crippen molar-refractivity contribution in [1.82, 2.24) is 0 Å². The second kappa shape index (κ2) is 13.6. The van der Waals surface area contributed by atoms with E-state index in [4.69, 9.17) is 33.2 Å². The molecular formula is C22H41NO7. The Morgan fingerprint density at radius 3 is 1.97 bits per heavy atom. The molecule has 5 aliphatic rings. The lowest BCUT2D eigenvalue weighted by Gasteiger charge is -2.19. The highest BCUT2D eigenvalue weighted by molar-refractivity contribution is 5.74. The first kappa shape index (κ1) is 25.5. The molecule has 1 spiro atoms. The summed E-state index contributed by atoms with van der Waals surface area (Å²) < 4.78 is 36.3. The van der Waals surface area contributed by atoms with Gasteiger partial charge >= 0.3 is 0 Å². The molecule has 176 valence electrons. The van der Waals surface area contributed by atoms with Gasteiger partial charge in [0.15, 0.2) is 18.0 Å². The number of hydrogen-bond donors (Lipinski definition) is 0. The minimum Gasteiger partial charge on any atom is -0.479 e. The van der Waals surface area contributed by atoms with Gasteiger partial charge in [0.05, 0.1) is 45.2 Å². The highest BCUT2D eigenvalue weighted by Gasteiger charge is 2.39. The number of aliphatic imine (C=N–C) groups is 1. The van der Waals surface area contributed by atoms with Gasteiger partial charge in [-0.25, -0.2) is 0 Å². The van der Waals surface area contributed by atoms with Crippen LogP contribution in [0.3, 0.4) is 0 Å². The average molecular weight is 432 g/mol. The quantitative estimate of drug-likeness (QED) is 0.660. The maximum absolute atomic E-state index is 5.48. The molecule has 0 aromatic rings. The summed E-state index contributed by atoms with van der Waals surface area (Å²) in [6.45, 7) is 14.0. The molecule has 0 radical (unpaired) electrons. The van der Waals surface area contributed by atoms with E-state index in [1.807, 2.05) is 20.8 Å². The van der Waals surface area contributed by atoms with E-state index in [0.29, 0.717) is 6.79 Å². The molecule has 30 heavy (non-hydrogen) atoms. The van der Waals surface area contributed by atoms with Crippen LogP contribution >= 0.6 is 0 Å². The Balaban J connectivity index is 0.000000144. The van der Waals surface area contributed by atoms with Crippen LogP contribution in [0.15, 0.2) is 4.99 Å². The standard InChI is InChI=1S/C7H12O2.C6H12O2.C5H10O2.C4H7NO/c1-2-4-7(3-1)8-5-6-9-7;1-2-3-6-7-4-5-8-6;1-5(2)3-6-4-7-5;1-4-5-2-3-6-4/h1-6H2;6H,2-5H2,1H3;3-4H2,1-2H3;2-3H2,1H3. The molecule has 0 amide bonds. The van der Waals surface area contributed by atoms with Gasteiger partial charge in [-0.1, -0.05) is 13.3 Å². The molecule has 3 saturated heterocycles. The molecule has 1 aliphatic carbocycles.